The van der Waals surface area contributed by atoms with Gasteiger partial charge in [0.15, 0.2) is 15.6 Å². The molecule has 0 radical (unpaired) electrons. The van der Waals surface area contributed by atoms with E-state index in [-0.39, 0.29) is 32.0 Å². The normalized spacial score (nSPS) is 11.3. The Morgan fingerprint density at radius 3 is 2.04 bits per heavy atom. The van der Waals surface area contributed by atoms with E-state index in [0.29, 0.717) is 5.02 Å². The molecule has 0 amide bonds. The maximum absolute atomic E-state index is 12.1. The van der Waals surface area contributed by atoms with Crippen molar-refractivity contribution < 1.29 is 17.9 Å². The molecule has 2 rings (SSSR count). The molecule has 122 valence electrons. The van der Waals surface area contributed by atoms with E-state index in [1.807, 2.05) is 0 Å². The molecule has 0 saturated carbocycles. The summed E-state index contributed by atoms with van der Waals surface area (Å²) in [6.07, 6.45) is 0. The third-order valence-electron chi connectivity index (χ3n) is 2.99. The van der Waals surface area contributed by atoms with E-state index < -0.39 is 15.8 Å². The molecule has 0 saturated heterocycles. The van der Waals surface area contributed by atoms with Gasteiger partial charge in [-0.1, -0.05) is 41.7 Å². The first-order chi connectivity index (χ1) is 10.7. The fourth-order valence-corrected chi connectivity index (χ4v) is 3.52. The summed E-state index contributed by atoms with van der Waals surface area (Å²) in [6.45, 7) is 1.54. The van der Waals surface area contributed by atoms with Crippen LogP contribution in [-0.2, 0) is 9.84 Å². The average Bonchev–Trinajstić information content (AvgIpc) is 2.50. The molecule has 0 unspecified atom stereocenters. The highest BCUT2D eigenvalue weighted by molar-refractivity contribution is 7.91. The van der Waals surface area contributed by atoms with Crippen molar-refractivity contribution in [1.82, 2.24) is 0 Å². The summed E-state index contributed by atoms with van der Waals surface area (Å²) in [4.78, 5) is 12.3. The second kappa shape index (κ2) is 7.09. The number of esters is 1. The van der Waals surface area contributed by atoms with Gasteiger partial charge in [0.25, 0.3) is 0 Å². The first-order valence-electron chi connectivity index (χ1n) is 6.44. The zero-order valence-electron chi connectivity index (χ0n) is 11.8. The Morgan fingerprint density at radius 2 is 1.57 bits per heavy atom. The monoisotopic (exact) mass is 392 g/mol. The van der Waals surface area contributed by atoms with Gasteiger partial charge in [-0.2, -0.15) is 0 Å². The van der Waals surface area contributed by atoms with Gasteiger partial charge in [-0.15, -0.1) is 0 Å². The molecule has 0 heterocycles. The lowest BCUT2D eigenvalue weighted by Crippen LogP contribution is -2.10. The molecule has 0 aliphatic heterocycles. The summed E-state index contributed by atoms with van der Waals surface area (Å²) >= 11 is 17.7. The Morgan fingerprint density at radius 1 is 1.04 bits per heavy atom. The lowest BCUT2D eigenvalue weighted by molar-refractivity contribution is 0.0735. The largest absolute Gasteiger partial charge is 0.420 e. The van der Waals surface area contributed by atoms with Crippen molar-refractivity contribution in [3.05, 3.63) is 57.0 Å². The van der Waals surface area contributed by atoms with E-state index in [2.05, 4.69) is 0 Å². The molecule has 0 spiro atoms. The van der Waals surface area contributed by atoms with Crippen molar-refractivity contribution in [2.75, 3.05) is 5.75 Å². The average molecular weight is 394 g/mol. The molecule has 0 aliphatic carbocycles. The molecule has 0 atom stereocenters. The fraction of sp³-hybridized carbons (Fsp3) is 0.133. The minimum atomic E-state index is -3.33. The minimum absolute atomic E-state index is 0.00649. The Bertz CT molecular complexity index is 823. The van der Waals surface area contributed by atoms with Crippen LogP contribution in [0.5, 0.6) is 5.75 Å². The standard InChI is InChI=1S/C15H11Cl3O4S/c1-2-23(20,21)11-5-3-9(4-6-11)15(19)22-14-12(17)7-10(16)8-13(14)18/h3-8H,2H2,1H3. The Labute approximate surface area is 148 Å². The number of sulfone groups is 1. The quantitative estimate of drug-likeness (QED) is 0.560. The van der Waals surface area contributed by atoms with Gasteiger partial charge < -0.3 is 4.74 Å². The van der Waals surface area contributed by atoms with Crippen LogP contribution in [0.25, 0.3) is 0 Å². The maximum atomic E-state index is 12.1. The van der Waals surface area contributed by atoms with Gasteiger partial charge in [-0.3, -0.25) is 0 Å². The van der Waals surface area contributed by atoms with Crippen molar-refractivity contribution in [3.63, 3.8) is 0 Å². The first kappa shape index (κ1) is 18.1. The fourth-order valence-electron chi connectivity index (χ4n) is 1.74. The molecule has 0 fully saturated rings. The smallest absolute Gasteiger partial charge is 0.343 e. The first-order valence-corrected chi connectivity index (χ1v) is 9.22. The molecule has 0 aliphatic rings. The van der Waals surface area contributed by atoms with E-state index in [1.54, 1.807) is 6.92 Å². The molecule has 4 nitrogen and oxygen atoms in total. The highest BCUT2D eigenvalue weighted by atomic mass is 35.5. The van der Waals surface area contributed by atoms with Crippen LogP contribution in [0.1, 0.15) is 17.3 Å². The van der Waals surface area contributed by atoms with Crippen molar-refractivity contribution in [2.24, 2.45) is 0 Å². The van der Waals surface area contributed by atoms with Crippen molar-refractivity contribution >= 4 is 50.6 Å². The number of carbonyl (C=O) groups excluding carboxylic acids is 1. The number of benzene rings is 2. The van der Waals surface area contributed by atoms with Crippen molar-refractivity contribution in [2.45, 2.75) is 11.8 Å². The predicted octanol–water partition coefficient (Wildman–Crippen LogP) is 4.66. The molecule has 0 bridgehead atoms. The van der Waals surface area contributed by atoms with Gasteiger partial charge in [0.1, 0.15) is 0 Å². The second-order valence-corrected chi connectivity index (χ2v) is 8.04. The summed E-state index contributed by atoms with van der Waals surface area (Å²) in [5, 5.41) is 0.510. The predicted molar refractivity (Wildman–Crippen MR) is 90.6 cm³/mol. The number of hydrogen-bond donors (Lipinski definition) is 0. The van der Waals surface area contributed by atoms with Crippen LogP contribution in [0.15, 0.2) is 41.3 Å². The number of carbonyl (C=O) groups is 1. The van der Waals surface area contributed by atoms with E-state index in [0.717, 1.165) is 0 Å². The summed E-state index contributed by atoms with van der Waals surface area (Å²) in [6, 6.07) is 8.22. The molecular formula is C15H11Cl3O4S. The summed E-state index contributed by atoms with van der Waals surface area (Å²) in [7, 11) is -3.33. The Kier molecular flexibility index (Phi) is 5.57. The van der Waals surface area contributed by atoms with Crippen molar-refractivity contribution in [3.8, 4) is 5.75 Å². The Balaban J connectivity index is 2.26. The molecule has 2 aromatic rings. The SMILES string of the molecule is CCS(=O)(=O)c1ccc(C(=O)Oc2c(Cl)cc(Cl)cc2Cl)cc1. The zero-order valence-corrected chi connectivity index (χ0v) is 14.9. The van der Waals surface area contributed by atoms with Crippen LogP contribution in [0.3, 0.4) is 0 Å². The molecule has 23 heavy (non-hydrogen) atoms. The molecule has 2 aromatic carbocycles. The second-order valence-electron chi connectivity index (χ2n) is 4.52. The van der Waals surface area contributed by atoms with Crippen LogP contribution in [-0.4, -0.2) is 20.1 Å². The number of ether oxygens (including phenoxy) is 1. The third-order valence-corrected chi connectivity index (χ3v) is 5.52. The van der Waals surface area contributed by atoms with E-state index in [9.17, 15) is 13.2 Å². The van der Waals surface area contributed by atoms with Crippen LogP contribution in [0.4, 0.5) is 0 Å². The third kappa shape index (κ3) is 4.18. The van der Waals surface area contributed by atoms with Crippen LogP contribution in [0, 0.1) is 0 Å². The molecular weight excluding hydrogens is 383 g/mol. The summed E-state index contributed by atoms with van der Waals surface area (Å²) < 4.78 is 28.6. The maximum Gasteiger partial charge on any atom is 0.343 e. The topological polar surface area (TPSA) is 60.4 Å². The molecule has 0 N–H and O–H groups in total. The highest BCUT2D eigenvalue weighted by Crippen LogP contribution is 2.36. The number of halogens is 3. The van der Waals surface area contributed by atoms with Gasteiger partial charge in [-0.05, 0) is 36.4 Å². The van der Waals surface area contributed by atoms with E-state index in [1.165, 1.54) is 36.4 Å². The van der Waals surface area contributed by atoms with E-state index >= 15 is 0 Å². The van der Waals surface area contributed by atoms with Gasteiger partial charge in [0.05, 0.1) is 26.3 Å². The lowest BCUT2D eigenvalue weighted by Gasteiger charge is -2.09. The van der Waals surface area contributed by atoms with Gasteiger partial charge >= 0.3 is 5.97 Å². The lowest BCUT2D eigenvalue weighted by atomic mass is 10.2. The Hall–Kier alpha value is -1.27. The zero-order chi connectivity index (χ0) is 17.2. The van der Waals surface area contributed by atoms with Gasteiger partial charge in [0.2, 0.25) is 0 Å². The van der Waals surface area contributed by atoms with E-state index in [4.69, 9.17) is 39.5 Å². The summed E-state index contributed by atoms with van der Waals surface area (Å²) in [5.41, 5.74) is 0.169. The van der Waals surface area contributed by atoms with Crippen LogP contribution < -0.4 is 4.74 Å². The van der Waals surface area contributed by atoms with Crippen LogP contribution >= 0.6 is 34.8 Å². The van der Waals surface area contributed by atoms with Crippen LogP contribution in [0.2, 0.25) is 15.1 Å². The van der Waals surface area contributed by atoms with Gasteiger partial charge in [-0.25, -0.2) is 13.2 Å². The molecule has 8 heteroatoms. The molecule has 0 aromatic heterocycles. The number of hydrogen-bond acceptors (Lipinski definition) is 4. The number of rotatable bonds is 4. The van der Waals surface area contributed by atoms with Crippen molar-refractivity contribution in [1.29, 1.82) is 0 Å². The minimum Gasteiger partial charge on any atom is -0.420 e. The summed E-state index contributed by atoms with van der Waals surface area (Å²) in [5.74, 6) is -0.739. The highest BCUT2D eigenvalue weighted by Gasteiger charge is 2.17. The van der Waals surface area contributed by atoms with Gasteiger partial charge in [0, 0.05) is 5.02 Å².